The molecule has 5 heteroatoms. The van der Waals surface area contributed by atoms with Crippen molar-refractivity contribution >= 4 is 23.3 Å². The Morgan fingerprint density at radius 3 is 2.79 bits per heavy atom. The molecule has 1 aromatic heterocycles. The van der Waals surface area contributed by atoms with E-state index in [0.717, 1.165) is 27.6 Å². The maximum absolute atomic E-state index is 12.4. The average molecular weight is 407 g/mol. The molecule has 0 aliphatic heterocycles. The summed E-state index contributed by atoms with van der Waals surface area (Å²) in [6, 6.07) is 13.9. The van der Waals surface area contributed by atoms with Crippen LogP contribution in [0.3, 0.4) is 0 Å². The minimum absolute atomic E-state index is 0.0525. The van der Waals surface area contributed by atoms with Crippen LogP contribution in [-0.4, -0.2) is 10.9 Å². The van der Waals surface area contributed by atoms with E-state index in [-0.39, 0.29) is 11.9 Å². The molecule has 3 rings (SSSR count). The summed E-state index contributed by atoms with van der Waals surface area (Å²) in [6.45, 7) is 8.53. The molecule has 150 valence electrons. The van der Waals surface area contributed by atoms with Gasteiger partial charge < -0.3 is 10.1 Å². The maximum Gasteiger partial charge on any atom is 0.244 e. The molecule has 1 heterocycles. The van der Waals surface area contributed by atoms with Crippen LogP contribution in [0.2, 0.25) is 0 Å². The average Bonchev–Trinajstić information content (AvgIpc) is 3.12. The highest BCUT2D eigenvalue weighted by atomic mass is 32.1. The number of rotatable bonds is 7. The van der Waals surface area contributed by atoms with Gasteiger partial charge in [-0.2, -0.15) is 0 Å². The molecule has 2 aromatic carbocycles. The third-order valence-electron chi connectivity index (χ3n) is 4.60. The van der Waals surface area contributed by atoms with E-state index < -0.39 is 0 Å². The van der Waals surface area contributed by atoms with Crippen molar-refractivity contribution in [3.8, 4) is 5.75 Å². The van der Waals surface area contributed by atoms with Gasteiger partial charge in [0.1, 0.15) is 12.4 Å². The van der Waals surface area contributed by atoms with Gasteiger partial charge in [-0.25, -0.2) is 4.98 Å². The van der Waals surface area contributed by atoms with Crippen LogP contribution in [0.25, 0.3) is 6.08 Å². The molecule has 0 saturated carbocycles. The predicted octanol–water partition coefficient (Wildman–Crippen LogP) is 5.54. The van der Waals surface area contributed by atoms with Crippen LogP contribution in [-0.2, 0) is 11.4 Å². The van der Waals surface area contributed by atoms with Gasteiger partial charge in [-0.15, -0.1) is 11.3 Å². The van der Waals surface area contributed by atoms with Crippen LogP contribution < -0.4 is 10.1 Å². The van der Waals surface area contributed by atoms with Gasteiger partial charge in [0.25, 0.3) is 0 Å². The zero-order chi connectivity index (χ0) is 20.8. The first-order valence-corrected chi connectivity index (χ1v) is 10.5. The number of hydrogen-bond donors (Lipinski definition) is 1. The zero-order valence-corrected chi connectivity index (χ0v) is 18.0. The molecular weight excluding hydrogens is 380 g/mol. The van der Waals surface area contributed by atoms with Crippen LogP contribution in [0.4, 0.5) is 0 Å². The number of aromatic nitrogens is 1. The lowest BCUT2D eigenvalue weighted by Crippen LogP contribution is -2.25. The van der Waals surface area contributed by atoms with Crippen molar-refractivity contribution in [1.82, 2.24) is 10.3 Å². The fourth-order valence-electron chi connectivity index (χ4n) is 3.08. The zero-order valence-electron chi connectivity index (χ0n) is 17.2. The summed E-state index contributed by atoms with van der Waals surface area (Å²) in [5.41, 5.74) is 5.33. The first-order chi connectivity index (χ1) is 13.9. The largest absolute Gasteiger partial charge is 0.487 e. The molecule has 0 spiro atoms. The van der Waals surface area contributed by atoms with E-state index in [2.05, 4.69) is 42.3 Å². The molecular formula is C24H26N2O2S. The number of ether oxygens (including phenoxy) is 1. The number of benzene rings is 2. The number of carbonyl (C=O) groups is 1. The van der Waals surface area contributed by atoms with E-state index in [1.165, 1.54) is 11.1 Å². The van der Waals surface area contributed by atoms with Gasteiger partial charge in [0.05, 0.1) is 16.7 Å². The fraction of sp³-hybridized carbons (Fsp3) is 0.250. The lowest BCUT2D eigenvalue weighted by Gasteiger charge is -2.16. The van der Waals surface area contributed by atoms with Crippen LogP contribution in [0, 0.1) is 20.8 Å². The van der Waals surface area contributed by atoms with Crippen LogP contribution in [0.5, 0.6) is 5.75 Å². The van der Waals surface area contributed by atoms with Crippen molar-refractivity contribution in [2.45, 2.75) is 40.3 Å². The number of carbonyl (C=O) groups excluding carboxylic acids is 1. The van der Waals surface area contributed by atoms with Gasteiger partial charge in [-0.3, -0.25) is 4.79 Å². The molecule has 1 unspecified atom stereocenters. The van der Waals surface area contributed by atoms with Gasteiger partial charge in [-0.1, -0.05) is 35.9 Å². The number of nitrogens with zero attached hydrogens (tertiary/aromatic N) is 1. The predicted molar refractivity (Wildman–Crippen MR) is 119 cm³/mol. The van der Waals surface area contributed by atoms with Crippen molar-refractivity contribution in [2.75, 3.05) is 0 Å². The monoisotopic (exact) mass is 406 g/mol. The Kier molecular flexibility index (Phi) is 6.83. The SMILES string of the molecule is Cc1ccc(C)c(C(C)NC(=O)/C=C/c2cccc(OCc3csc(C)n3)c2)c1. The Hall–Kier alpha value is -2.92. The molecule has 1 atom stereocenters. The Balaban J connectivity index is 1.58. The number of thiazole rings is 1. The highest BCUT2D eigenvalue weighted by Gasteiger charge is 2.10. The topological polar surface area (TPSA) is 51.2 Å². The normalized spacial score (nSPS) is 12.1. The standard InChI is InChI=1S/C24H26N2O2S/c1-16-8-9-17(2)23(12-16)18(3)25-24(27)11-10-20-6-5-7-22(13-20)28-14-21-15-29-19(4)26-21/h5-13,15,18H,14H2,1-4H3,(H,25,27)/b11-10+. The van der Waals surface area contributed by atoms with E-state index in [1.54, 1.807) is 23.5 Å². The van der Waals surface area contributed by atoms with Crippen molar-refractivity contribution in [1.29, 1.82) is 0 Å². The molecule has 0 bridgehead atoms. The number of amides is 1. The Morgan fingerprint density at radius 2 is 2.03 bits per heavy atom. The minimum Gasteiger partial charge on any atom is -0.487 e. The Bertz CT molecular complexity index is 1020. The second kappa shape index (κ2) is 9.52. The first kappa shape index (κ1) is 20.8. The van der Waals surface area contributed by atoms with E-state index >= 15 is 0 Å². The summed E-state index contributed by atoms with van der Waals surface area (Å²) < 4.78 is 5.81. The summed E-state index contributed by atoms with van der Waals surface area (Å²) in [6.07, 6.45) is 3.36. The van der Waals surface area contributed by atoms with Gasteiger partial charge >= 0.3 is 0 Å². The van der Waals surface area contributed by atoms with Crippen molar-refractivity contribution in [3.05, 3.63) is 86.9 Å². The molecule has 0 aliphatic rings. The third kappa shape index (κ3) is 6.03. The van der Waals surface area contributed by atoms with E-state index in [1.807, 2.05) is 43.5 Å². The second-order valence-electron chi connectivity index (χ2n) is 7.14. The highest BCUT2D eigenvalue weighted by molar-refractivity contribution is 7.09. The summed E-state index contributed by atoms with van der Waals surface area (Å²) in [4.78, 5) is 16.8. The molecule has 4 nitrogen and oxygen atoms in total. The molecule has 0 fully saturated rings. The Morgan fingerprint density at radius 1 is 1.21 bits per heavy atom. The van der Waals surface area contributed by atoms with Crippen molar-refractivity contribution in [3.63, 3.8) is 0 Å². The van der Waals surface area contributed by atoms with E-state index in [4.69, 9.17) is 4.74 Å². The fourth-order valence-corrected chi connectivity index (χ4v) is 3.67. The van der Waals surface area contributed by atoms with Gasteiger partial charge in [0, 0.05) is 11.5 Å². The van der Waals surface area contributed by atoms with Crippen LogP contribution >= 0.6 is 11.3 Å². The lowest BCUT2D eigenvalue weighted by atomic mass is 10.00. The quantitative estimate of drug-likeness (QED) is 0.524. The Labute approximate surface area is 176 Å². The van der Waals surface area contributed by atoms with E-state index in [9.17, 15) is 4.79 Å². The van der Waals surface area contributed by atoms with Crippen molar-refractivity contribution in [2.24, 2.45) is 0 Å². The first-order valence-electron chi connectivity index (χ1n) is 9.60. The molecule has 0 aliphatic carbocycles. The highest BCUT2D eigenvalue weighted by Crippen LogP contribution is 2.19. The van der Waals surface area contributed by atoms with Gasteiger partial charge in [0.15, 0.2) is 0 Å². The number of hydrogen-bond acceptors (Lipinski definition) is 4. The smallest absolute Gasteiger partial charge is 0.244 e. The molecule has 1 amide bonds. The summed E-state index contributed by atoms with van der Waals surface area (Å²) >= 11 is 1.61. The maximum atomic E-state index is 12.4. The van der Waals surface area contributed by atoms with Gasteiger partial charge in [0.2, 0.25) is 5.91 Å². The van der Waals surface area contributed by atoms with E-state index in [0.29, 0.717) is 6.61 Å². The van der Waals surface area contributed by atoms with Crippen molar-refractivity contribution < 1.29 is 9.53 Å². The molecule has 1 N–H and O–H groups in total. The third-order valence-corrected chi connectivity index (χ3v) is 5.42. The number of aryl methyl sites for hydroxylation is 3. The second-order valence-corrected chi connectivity index (χ2v) is 8.20. The molecule has 29 heavy (non-hydrogen) atoms. The minimum atomic E-state index is -0.123. The molecule has 3 aromatic rings. The summed E-state index contributed by atoms with van der Waals surface area (Å²) in [5.74, 6) is 0.629. The van der Waals surface area contributed by atoms with Crippen LogP contribution in [0.15, 0.2) is 53.9 Å². The number of nitrogens with one attached hydrogen (secondary N) is 1. The van der Waals surface area contributed by atoms with Crippen LogP contribution in [0.1, 0.15) is 45.9 Å². The lowest BCUT2D eigenvalue weighted by molar-refractivity contribution is -0.117. The summed E-state index contributed by atoms with van der Waals surface area (Å²) in [7, 11) is 0. The molecule has 0 radical (unpaired) electrons. The molecule has 0 saturated heterocycles. The van der Waals surface area contributed by atoms with Gasteiger partial charge in [-0.05, 0) is 62.6 Å². The summed E-state index contributed by atoms with van der Waals surface area (Å²) in [5, 5.41) is 6.06.